The molecule has 0 amide bonds. The van der Waals surface area contributed by atoms with Crippen LogP contribution in [-0.4, -0.2) is 5.11 Å². The van der Waals surface area contributed by atoms with E-state index in [1.807, 2.05) is 24.3 Å². The zero-order valence-corrected chi connectivity index (χ0v) is 9.65. The van der Waals surface area contributed by atoms with E-state index in [4.69, 9.17) is 11.5 Å². The average Bonchev–Trinajstić information content (AvgIpc) is 2.40. The Bertz CT molecular complexity index is 602. The van der Waals surface area contributed by atoms with Crippen molar-refractivity contribution in [3.8, 4) is 18.1 Å². The highest BCUT2D eigenvalue weighted by Crippen LogP contribution is 2.17. The molecule has 2 nitrogen and oxygen atoms in total. The topological polar surface area (TPSA) is 32.3 Å². The zero-order valence-electron chi connectivity index (χ0n) is 9.65. The summed E-state index contributed by atoms with van der Waals surface area (Å²) in [6, 6.07) is 11.7. The summed E-state index contributed by atoms with van der Waals surface area (Å²) < 4.78 is 13.1. The molecule has 2 rings (SSSR count). The second-order valence-electron chi connectivity index (χ2n) is 3.86. The van der Waals surface area contributed by atoms with Crippen LogP contribution in [0.2, 0.25) is 0 Å². The van der Waals surface area contributed by atoms with Crippen LogP contribution in [0.4, 0.5) is 10.1 Å². The van der Waals surface area contributed by atoms with Gasteiger partial charge in [0.05, 0.1) is 0 Å². The average molecular weight is 241 g/mol. The zero-order chi connectivity index (χ0) is 13.0. The number of hydrogen-bond donors (Lipinski definition) is 2. The van der Waals surface area contributed by atoms with Crippen LogP contribution in [0.1, 0.15) is 11.1 Å². The van der Waals surface area contributed by atoms with E-state index in [0.29, 0.717) is 6.54 Å². The Morgan fingerprint density at radius 1 is 1.22 bits per heavy atom. The Hall–Kier alpha value is -2.47. The maximum atomic E-state index is 13.1. The molecule has 2 aromatic carbocycles. The van der Waals surface area contributed by atoms with Gasteiger partial charge >= 0.3 is 0 Å². The Kier molecular flexibility index (Phi) is 3.49. The molecule has 2 N–H and O–H groups in total. The summed E-state index contributed by atoms with van der Waals surface area (Å²) in [6.07, 6.45) is 5.31. The van der Waals surface area contributed by atoms with E-state index in [9.17, 15) is 4.39 Å². The largest absolute Gasteiger partial charge is 0.505 e. The van der Waals surface area contributed by atoms with Gasteiger partial charge in [-0.25, -0.2) is 4.39 Å². The molecule has 0 bridgehead atoms. The minimum atomic E-state index is -0.619. The number of hydrogen-bond acceptors (Lipinski definition) is 2. The van der Waals surface area contributed by atoms with E-state index in [1.165, 1.54) is 12.1 Å². The quantitative estimate of drug-likeness (QED) is 0.809. The minimum Gasteiger partial charge on any atom is -0.505 e. The number of rotatable bonds is 3. The minimum absolute atomic E-state index is 0.340. The highest BCUT2D eigenvalue weighted by Gasteiger charge is 2.01. The summed E-state index contributed by atoms with van der Waals surface area (Å²) in [7, 11) is 0. The number of phenols is 1. The van der Waals surface area contributed by atoms with E-state index in [1.54, 1.807) is 6.07 Å². The van der Waals surface area contributed by atoms with Crippen molar-refractivity contribution in [2.24, 2.45) is 0 Å². The summed E-state index contributed by atoms with van der Waals surface area (Å²) in [5.41, 5.74) is 2.41. The van der Waals surface area contributed by atoms with Gasteiger partial charge in [0.15, 0.2) is 11.6 Å². The third kappa shape index (κ3) is 2.80. The molecule has 18 heavy (non-hydrogen) atoms. The van der Waals surface area contributed by atoms with Gasteiger partial charge in [-0.3, -0.25) is 0 Å². The molecule has 0 heterocycles. The van der Waals surface area contributed by atoms with Crippen molar-refractivity contribution in [3.63, 3.8) is 0 Å². The first-order chi connectivity index (χ1) is 8.69. The van der Waals surface area contributed by atoms with Crippen molar-refractivity contribution in [1.29, 1.82) is 0 Å². The standard InChI is InChI=1S/C15H12FNO/c1-2-11-4-3-5-13(8-11)17-10-12-6-7-15(18)14(16)9-12/h1,3-9,17-18H,10H2. The summed E-state index contributed by atoms with van der Waals surface area (Å²) >= 11 is 0. The highest BCUT2D eigenvalue weighted by atomic mass is 19.1. The predicted octanol–water partition coefficient (Wildman–Crippen LogP) is 3.12. The number of terminal acetylenes is 1. The molecule has 0 saturated heterocycles. The summed E-state index contributed by atoms with van der Waals surface area (Å²) in [5.74, 6) is 1.59. The molecule has 0 atom stereocenters. The Morgan fingerprint density at radius 2 is 2.06 bits per heavy atom. The van der Waals surface area contributed by atoms with E-state index in [-0.39, 0.29) is 5.75 Å². The fraction of sp³-hybridized carbons (Fsp3) is 0.0667. The van der Waals surface area contributed by atoms with Crippen molar-refractivity contribution in [1.82, 2.24) is 0 Å². The molecular formula is C15H12FNO. The van der Waals surface area contributed by atoms with Crippen LogP contribution in [0.15, 0.2) is 42.5 Å². The monoisotopic (exact) mass is 241 g/mol. The molecule has 90 valence electrons. The van der Waals surface area contributed by atoms with Gasteiger partial charge < -0.3 is 10.4 Å². The molecular weight excluding hydrogens is 229 g/mol. The Balaban J connectivity index is 2.07. The lowest BCUT2D eigenvalue weighted by Gasteiger charge is -2.07. The van der Waals surface area contributed by atoms with E-state index < -0.39 is 5.82 Å². The van der Waals surface area contributed by atoms with Gasteiger partial charge in [0, 0.05) is 17.8 Å². The van der Waals surface area contributed by atoms with Gasteiger partial charge in [0.25, 0.3) is 0 Å². The molecule has 0 aromatic heterocycles. The van der Waals surface area contributed by atoms with Gasteiger partial charge in [0.1, 0.15) is 0 Å². The molecule has 2 aromatic rings. The van der Waals surface area contributed by atoms with E-state index in [0.717, 1.165) is 16.8 Å². The normalized spacial score (nSPS) is 9.78. The number of nitrogens with one attached hydrogen (secondary N) is 1. The second kappa shape index (κ2) is 5.24. The van der Waals surface area contributed by atoms with Gasteiger partial charge in [-0.1, -0.05) is 18.1 Å². The maximum Gasteiger partial charge on any atom is 0.165 e. The number of aromatic hydroxyl groups is 1. The summed E-state index contributed by atoms with van der Waals surface area (Å²) in [4.78, 5) is 0. The van der Waals surface area contributed by atoms with Crippen molar-refractivity contribution in [2.45, 2.75) is 6.54 Å². The molecule has 0 fully saturated rings. The third-order valence-corrected chi connectivity index (χ3v) is 2.54. The number of anilines is 1. The van der Waals surface area contributed by atoms with Crippen molar-refractivity contribution in [2.75, 3.05) is 5.32 Å². The van der Waals surface area contributed by atoms with Crippen LogP contribution in [0.25, 0.3) is 0 Å². The first kappa shape index (κ1) is 12.0. The van der Waals surface area contributed by atoms with Crippen molar-refractivity contribution in [3.05, 3.63) is 59.4 Å². The maximum absolute atomic E-state index is 13.1. The first-order valence-corrected chi connectivity index (χ1v) is 5.47. The Morgan fingerprint density at radius 3 is 2.78 bits per heavy atom. The van der Waals surface area contributed by atoms with Crippen LogP contribution in [0, 0.1) is 18.2 Å². The first-order valence-electron chi connectivity index (χ1n) is 5.47. The van der Waals surface area contributed by atoms with Gasteiger partial charge in [-0.15, -0.1) is 6.42 Å². The predicted molar refractivity (Wildman–Crippen MR) is 69.8 cm³/mol. The van der Waals surface area contributed by atoms with Crippen LogP contribution < -0.4 is 5.32 Å². The number of phenolic OH excluding ortho intramolecular Hbond substituents is 1. The fourth-order valence-electron chi connectivity index (χ4n) is 1.58. The Labute approximate surface area is 105 Å². The number of halogens is 1. The second-order valence-corrected chi connectivity index (χ2v) is 3.86. The highest BCUT2D eigenvalue weighted by molar-refractivity contribution is 5.50. The molecule has 0 aliphatic heterocycles. The van der Waals surface area contributed by atoms with E-state index in [2.05, 4.69) is 11.2 Å². The van der Waals surface area contributed by atoms with Crippen molar-refractivity contribution < 1.29 is 9.50 Å². The van der Waals surface area contributed by atoms with Crippen LogP contribution >= 0.6 is 0 Å². The van der Waals surface area contributed by atoms with Crippen LogP contribution in [0.3, 0.4) is 0 Å². The van der Waals surface area contributed by atoms with Gasteiger partial charge in [0.2, 0.25) is 0 Å². The number of benzene rings is 2. The smallest absolute Gasteiger partial charge is 0.165 e. The molecule has 0 aliphatic rings. The van der Waals surface area contributed by atoms with Crippen LogP contribution in [0.5, 0.6) is 5.75 Å². The fourth-order valence-corrected chi connectivity index (χ4v) is 1.58. The van der Waals surface area contributed by atoms with Crippen molar-refractivity contribution >= 4 is 5.69 Å². The summed E-state index contributed by atoms with van der Waals surface area (Å²) in [5, 5.41) is 12.2. The van der Waals surface area contributed by atoms with Gasteiger partial charge in [-0.2, -0.15) is 0 Å². The van der Waals surface area contributed by atoms with Gasteiger partial charge in [-0.05, 0) is 35.9 Å². The molecule has 0 saturated carbocycles. The lowest BCUT2D eigenvalue weighted by Crippen LogP contribution is -1.99. The lowest BCUT2D eigenvalue weighted by atomic mass is 10.2. The lowest BCUT2D eigenvalue weighted by molar-refractivity contribution is 0.432. The summed E-state index contributed by atoms with van der Waals surface area (Å²) in [6.45, 7) is 0.464. The molecule has 3 heteroatoms. The molecule has 0 spiro atoms. The SMILES string of the molecule is C#Cc1cccc(NCc2ccc(O)c(F)c2)c1. The molecule has 0 radical (unpaired) electrons. The third-order valence-electron chi connectivity index (χ3n) is 2.54. The van der Waals surface area contributed by atoms with E-state index >= 15 is 0 Å². The van der Waals surface area contributed by atoms with Crippen LogP contribution in [-0.2, 0) is 6.54 Å². The molecule has 0 unspecified atom stereocenters. The molecule has 0 aliphatic carbocycles.